The molecule has 1 aliphatic heterocycles. The summed E-state index contributed by atoms with van der Waals surface area (Å²) in [7, 11) is 0. The van der Waals surface area contributed by atoms with Crippen molar-refractivity contribution < 1.29 is 14.2 Å². The molecule has 0 N–H and O–H groups in total. The van der Waals surface area contributed by atoms with Crippen LogP contribution < -0.4 is 4.74 Å². The summed E-state index contributed by atoms with van der Waals surface area (Å²) in [6, 6.07) is 16.2. The number of thiophene rings is 1. The maximum atomic E-state index is 9.14. The van der Waals surface area contributed by atoms with E-state index in [-0.39, 0.29) is 0 Å². The Hall–Kier alpha value is -2.39. The lowest BCUT2D eigenvalue weighted by Crippen LogP contribution is -2.25. The summed E-state index contributed by atoms with van der Waals surface area (Å²) in [6.45, 7) is 2.72. The predicted octanol–water partition coefficient (Wildman–Crippen LogP) is 5.01. The van der Waals surface area contributed by atoms with Gasteiger partial charge < -0.3 is 14.2 Å². The molecule has 1 saturated heterocycles. The van der Waals surface area contributed by atoms with Gasteiger partial charge in [-0.25, -0.2) is 0 Å². The molecule has 1 fully saturated rings. The van der Waals surface area contributed by atoms with Crippen LogP contribution in [0.4, 0.5) is 0 Å². The van der Waals surface area contributed by atoms with Crippen LogP contribution in [0.1, 0.15) is 18.4 Å². The van der Waals surface area contributed by atoms with E-state index >= 15 is 0 Å². The molecule has 0 bridgehead atoms. The zero-order valence-electron chi connectivity index (χ0n) is 15.0. The first-order valence-corrected chi connectivity index (χ1v) is 10.1. The van der Waals surface area contributed by atoms with Crippen molar-refractivity contribution in [2.24, 2.45) is 0 Å². The highest BCUT2D eigenvalue weighted by Gasteiger charge is 2.13. The number of ether oxygens (including phenoxy) is 3. The fourth-order valence-electron chi connectivity index (χ4n) is 3.27. The van der Waals surface area contributed by atoms with Crippen molar-refractivity contribution >= 4 is 21.4 Å². The number of nitriles is 1. The van der Waals surface area contributed by atoms with Crippen LogP contribution in [0.5, 0.6) is 5.75 Å². The summed E-state index contributed by atoms with van der Waals surface area (Å²) >= 11 is 1.70. The van der Waals surface area contributed by atoms with E-state index in [2.05, 4.69) is 23.6 Å². The Morgan fingerprint density at radius 1 is 1.07 bits per heavy atom. The third-order valence-corrected chi connectivity index (χ3v) is 5.71. The van der Waals surface area contributed by atoms with E-state index in [0.29, 0.717) is 24.9 Å². The summed E-state index contributed by atoms with van der Waals surface area (Å²) in [5.74, 6) is 0.839. The SMILES string of the molecule is N#Cc1ccc2scc(-c3ccc(OCCOC4CCOCC4)cc3)c2c1. The monoisotopic (exact) mass is 379 g/mol. The molecule has 4 rings (SSSR count). The lowest BCUT2D eigenvalue weighted by molar-refractivity contribution is -0.0388. The van der Waals surface area contributed by atoms with Crippen molar-refractivity contribution in [2.45, 2.75) is 18.9 Å². The van der Waals surface area contributed by atoms with E-state index in [1.807, 2.05) is 30.3 Å². The van der Waals surface area contributed by atoms with Crippen LogP contribution in [-0.2, 0) is 9.47 Å². The van der Waals surface area contributed by atoms with Gasteiger partial charge in [-0.1, -0.05) is 12.1 Å². The lowest BCUT2D eigenvalue weighted by Gasteiger charge is -2.22. The highest BCUT2D eigenvalue weighted by Crippen LogP contribution is 2.35. The highest BCUT2D eigenvalue weighted by molar-refractivity contribution is 7.17. The molecule has 138 valence electrons. The first-order chi connectivity index (χ1) is 13.3. The molecule has 0 unspecified atom stereocenters. The van der Waals surface area contributed by atoms with Crippen LogP contribution in [-0.4, -0.2) is 32.5 Å². The first kappa shape index (κ1) is 18.0. The molecule has 5 heteroatoms. The zero-order chi connectivity index (χ0) is 18.5. The van der Waals surface area contributed by atoms with Crippen molar-refractivity contribution in [1.82, 2.24) is 0 Å². The summed E-state index contributed by atoms with van der Waals surface area (Å²) in [6.07, 6.45) is 2.24. The second-order valence-electron chi connectivity index (χ2n) is 6.53. The highest BCUT2D eigenvalue weighted by atomic mass is 32.1. The summed E-state index contributed by atoms with van der Waals surface area (Å²) in [4.78, 5) is 0. The molecule has 27 heavy (non-hydrogen) atoms. The van der Waals surface area contributed by atoms with Crippen LogP contribution in [0.25, 0.3) is 21.2 Å². The van der Waals surface area contributed by atoms with E-state index in [0.717, 1.165) is 48.3 Å². The maximum Gasteiger partial charge on any atom is 0.119 e. The van der Waals surface area contributed by atoms with Crippen molar-refractivity contribution in [3.8, 4) is 22.9 Å². The fourth-order valence-corrected chi connectivity index (χ4v) is 4.22. The molecule has 0 amide bonds. The van der Waals surface area contributed by atoms with Gasteiger partial charge in [0, 0.05) is 28.9 Å². The smallest absolute Gasteiger partial charge is 0.119 e. The molecule has 1 aliphatic rings. The molecule has 0 saturated carbocycles. The van der Waals surface area contributed by atoms with E-state index in [4.69, 9.17) is 19.5 Å². The second-order valence-corrected chi connectivity index (χ2v) is 7.44. The van der Waals surface area contributed by atoms with E-state index in [1.165, 1.54) is 4.70 Å². The molecule has 0 atom stereocenters. The van der Waals surface area contributed by atoms with Crippen molar-refractivity contribution in [2.75, 3.05) is 26.4 Å². The minimum atomic E-state index is 0.301. The van der Waals surface area contributed by atoms with E-state index in [9.17, 15) is 0 Å². The predicted molar refractivity (Wildman–Crippen MR) is 107 cm³/mol. The van der Waals surface area contributed by atoms with Crippen LogP contribution >= 0.6 is 11.3 Å². The quantitative estimate of drug-likeness (QED) is 0.565. The molecular weight excluding hydrogens is 358 g/mol. The minimum Gasteiger partial charge on any atom is -0.491 e. The molecule has 0 aliphatic carbocycles. The van der Waals surface area contributed by atoms with Gasteiger partial charge in [-0.05, 0) is 54.1 Å². The number of nitrogens with zero attached hydrogens (tertiary/aromatic N) is 1. The molecule has 2 heterocycles. The van der Waals surface area contributed by atoms with Crippen molar-refractivity contribution in [3.05, 3.63) is 53.4 Å². The molecule has 2 aromatic carbocycles. The second kappa shape index (κ2) is 8.53. The summed E-state index contributed by atoms with van der Waals surface area (Å²) in [5.41, 5.74) is 2.97. The standard InChI is InChI=1S/C22H21NO3S/c23-14-16-1-6-22-20(13-16)21(15-27-22)17-2-4-18(5-3-17)25-11-12-26-19-7-9-24-10-8-19/h1-6,13,15,19H,7-12H2. The van der Waals surface area contributed by atoms with Gasteiger partial charge in [0.1, 0.15) is 12.4 Å². The van der Waals surface area contributed by atoms with E-state index < -0.39 is 0 Å². The summed E-state index contributed by atoms with van der Waals surface area (Å²) in [5, 5.41) is 12.4. The van der Waals surface area contributed by atoms with Gasteiger partial charge in [0.05, 0.1) is 24.3 Å². The molecule has 1 aromatic heterocycles. The molecular formula is C22H21NO3S. The fraction of sp³-hybridized carbons (Fsp3) is 0.318. The van der Waals surface area contributed by atoms with Gasteiger partial charge in [0.25, 0.3) is 0 Å². The number of hydrogen-bond donors (Lipinski definition) is 0. The van der Waals surface area contributed by atoms with Crippen molar-refractivity contribution in [1.29, 1.82) is 5.26 Å². The largest absolute Gasteiger partial charge is 0.491 e. The van der Waals surface area contributed by atoms with Crippen LogP contribution in [0.15, 0.2) is 47.8 Å². The lowest BCUT2D eigenvalue weighted by atomic mass is 10.0. The maximum absolute atomic E-state index is 9.14. The Balaban J connectivity index is 1.37. The molecule has 0 spiro atoms. The Morgan fingerprint density at radius 2 is 1.89 bits per heavy atom. The Morgan fingerprint density at radius 3 is 2.67 bits per heavy atom. The van der Waals surface area contributed by atoms with Crippen molar-refractivity contribution in [3.63, 3.8) is 0 Å². The number of hydrogen-bond acceptors (Lipinski definition) is 5. The third-order valence-electron chi connectivity index (χ3n) is 4.74. The zero-order valence-corrected chi connectivity index (χ0v) is 15.8. The number of benzene rings is 2. The number of fused-ring (bicyclic) bond motifs is 1. The molecule has 4 nitrogen and oxygen atoms in total. The van der Waals surface area contributed by atoms with E-state index in [1.54, 1.807) is 11.3 Å². The Bertz CT molecular complexity index is 936. The molecule has 3 aromatic rings. The average Bonchev–Trinajstić information content (AvgIpc) is 3.15. The topological polar surface area (TPSA) is 51.5 Å². The van der Waals surface area contributed by atoms with Gasteiger partial charge in [-0.15, -0.1) is 11.3 Å². The van der Waals surface area contributed by atoms with Crippen LogP contribution in [0, 0.1) is 11.3 Å². The Kier molecular flexibility index (Phi) is 5.69. The molecule has 0 radical (unpaired) electrons. The normalized spacial score (nSPS) is 14.9. The average molecular weight is 379 g/mol. The van der Waals surface area contributed by atoms with Gasteiger partial charge >= 0.3 is 0 Å². The summed E-state index contributed by atoms with van der Waals surface area (Å²) < 4.78 is 18.1. The van der Waals surface area contributed by atoms with Gasteiger partial charge in [0.2, 0.25) is 0 Å². The third kappa shape index (κ3) is 4.30. The van der Waals surface area contributed by atoms with Gasteiger partial charge in [0.15, 0.2) is 0 Å². The van der Waals surface area contributed by atoms with Crippen LogP contribution in [0.3, 0.4) is 0 Å². The Labute approximate surface area is 162 Å². The van der Waals surface area contributed by atoms with Gasteiger partial charge in [-0.3, -0.25) is 0 Å². The van der Waals surface area contributed by atoms with Gasteiger partial charge in [-0.2, -0.15) is 5.26 Å². The number of rotatable bonds is 6. The van der Waals surface area contributed by atoms with Crippen LogP contribution in [0.2, 0.25) is 0 Å². The minimum absolute atomic E-state index is 0.301. The first-order valence-electron chi connectivity index (χ1n) is 9.17.